The highest BCUT2D eigenvalue weighted by Crippen LogP contribution is 2.18. The van der Waals surface area contributed by atoms with E-state index in [1.165, 1.54) is 12.8 Å². The Labute approximate surface area is 170 Å². The van der Waals surface area contributed by atoms with E-state index in [1.807, 2.05) is 11.6 Å². The van der Waals surface area contributed by atoms with E-state index >= 15 is 0 Å². The van der Waals surface area contributed by atoms with Gasteiger partial charge in [0, 0.05) is 44.0 Å². The number of aliphatic imine (C=N–C) groups is 1. The maximum Gasteiger partial charge on any atom is 0.194 e. The SMILES string of the molecule is CCNC(=NCc1cn2ccsc2n1)N1CCC(OCC2CCCCO2)CC1. The number of aromatic nitrogens is 2. The minimum absolute atomic E-state index is 0.301. The van der Waals surface area contributed by atoms with Gasteiger partial charge in [0.25, 0.3) is 0 Å². The molecule has 2 aliphatic heterocycles. The van der Waals surface area contributed by atoms with Crippen LogP contribution in [-0.2, 0) is 16.0 Å². The minimum Gasteiger partial charge on any atom is -0.376 e. The Kier molecular flexibility index (Phi) is 6.82. The lowest BCUT2D eigenvalue weighted by molar-refractivity contribution is -0.0721. The summed E-state index contributed by atoms with van der Waals surface area (Å²) in [7, 11) is 0. The maximum atomic E-state index is 6.14. The molecule has 0 spiro atoms. The normalized spacial score (nSPS) is 22.1. The van der Waals surface area contributed by atoms with Crippen molar-refractivity contribution in [1.29, 1.82) is 0 Å². The Hall–Kier alpha value is -1.64. The molecule has 8 heteroatoms. The Morgan fingerprint density at radius 2 is 2.25 bits per heavy atom. The molecule has 0 amide bonds. The zero-order valence-electron chi connectivity index (χ0n) is 16.7. The van der Waals surface area contributed by atoms with Crippen molar-refractivity contribution >= 4 is 22.3 Å². The molecule has 7 nitrogen and oxygen atoms in total. The molecule has 2 saturated heterocycles. The topological polar surface area (TPSA) is 63.4 Å². The number of nitrogens with one attached hydrogen (secondary N) is 1. The van der Waals surface area contributed by atoms with E-state index < -0.39 is 0 Å². The van der Waals surface area contributed by atoms with Gasteiger partial charge in [0.2, 0.25) is 0 Å². The first kappa shape index (κ1) is 19.7. The van der Waals surface area contributed by atoms with E-state index in [0.717, 1.165) is 68.7 Å². The van der Waals surface area contributed by atoms with Crippen LogP contribution in [-0.4, -0.2) is 65.3 Å². The lowest BCUT2D eigenvalue weighted by atomic mass is 10.1. The summed E-state index contributed by atoms with van der Waals surface area (Å²) in [5, 5.41) is 5.48. The van der Waals surface area contributed by atoms with Crippen LogP contribution in [0.4, 0.5) is 0 Å². The van der Waals surface area contributed by atoms with Gasteiger partial charge in [0.15, 0.2) is 10.9 Å². The van der Waals surface area contributed by atoms with Gasteiger partial charge in [-0.25, -0.2) is 9.98 Å². The van der Waals surface area contributed by atoms with Crippen LogP contribution in [0, 0.1) is 0 Å². The third kappa shape index (κ3) is 5.04. The van der Waals surface area contributed by atoms with E-state index in [1.54, 1.807) is 11.3 Å². The van der Waals surface area contributed by atoms with Crippen molar-refractivity contribution in [3.8, 4) is 0 Å². The molecule has 2 aromatic heterocycles. The highest BCUT2D eigenvalue weighted by atomic mass is 32.1. The van der Waals surface area contributed by atoms with Crippen LogP contribution in [0.1, 0.15) is 44.7 Å². The second kappa shape index (κ2) is 9.71. The molecule has 0 bridgehead atoms. The van der Waals surface area contributed by atoms with Crippen molar-refractivity contribution in [3.63, 3.8) is 0 Å². The predicted molar refractivity (Wildman–Crippen MR) is 112 cm³/mol. The summed E-state index contributed by atoms with van der Waals surface area (Å²) in [5.74, 6) is 0.980. The second-order valence-corrected chi connectivity index (χ2v) is 8.38. The highest BCUT2D eigenvalue weighted by molar-refractivity contribution is 7.15. The average Bonchev–Trinajstić information content (AvgIpc) is 3.33. The number of ether oxygens (including phenoxy) is 2. The predicted octanol–water partition coefficient (Wildman–Crippen LogP) is 2.91. The lowest BCUT2D eigenvalue weighted by Crippen LogP contribution is -2.47. The van der Waals surface area contributed by atoms with Gasteiger partial charge in [0.05, 0.1) is 31.1 Å². The van der Waals surface area contributed by atoms with Crippen LogP contribution in [0.2, 0.25) is 0 Å². The molecule has 4 rings (SSSR count). The second-order valence-electron chi connectivity index (χ2n) is 7.50. The standard InChI is InChI=1S/C20H31N5O2S/c1-2-21-19(22-13-16-14-25-10-12-28-20(25)23-16)24-8-6-17(7-9-24)27-15-18-5-3-4-11-26-18/h10,12,14,17-18H,2-9,11,13,15H2,1H3,(H,21,22). The zero-order chi connectivity index (χ0) is 19.2. The van der Waals surface area contributed by atoms with Gasteiger partial charge in [-0.15, -0.1) is 11.3 Å². The molecule has 2 fully saturated rings. The molecule has 0 saturated carbocycles. The van der Waals surface area contributed by atoms with Crippen LogP contribution in [0.25, 0.3) is 4.96 Å². The van der Waals surface area contributed by atoms with Gasteiger partial charge in [-0.1, -0.05) is 0 Å². The molecule has 2 aliphatic rings. The number of hydrogen-bond acceptors (Lipinski definition) is 5. The van der Waals surface area contributed by atoms with Crippen LogP contribution < -0.4 is 5.32 Å². The summed E-state index contributed by atoms with van der Waals surface area (Å²) in [6.45, 7) is 7.17. The minimum atomic E-state index is 0.301. The Morgan fingerprint density at radius 3 is 3.00 bits per heavy atom. The van der Waals surface area contributed by atoms with Gasteiger partial charge >= 0.3 is 0 Å². The Balaban J connectivity index is 1.27. The fourth-order valence-corrected chi connectivity index (χ4v) is 4.57. The van der Waals surface area contributed by atoms with Crippen molar-refractivity contribution in [3.05, 3.63) is 23.5 Å². The first-order valence-electron chi connectivity index (χ1n) is 10.5. The summed E-state index contributed by atoms with van der Waals surface area (Å²) < 4.78 is 14.0. The largest absolute Gasteiger partial charge is 0.376 e. The molecule has 0 aliphatic carbocycles. The lowest BCUT2D eigenvalue weighted by Gasteiger charge is -2.35. The molecule has 28 heavy (non-hydrogen) atoms. The van der Waals surface area contributed by atoms with Crippen LogP contribution in [0.5, 0.6) is 0 Å². The Bertz CT molecular complexity index is 731. The molecule has 4 heterocycles. The summed E-state index contributed by atoms with van der Waals surface area (Å²) in [6.07, 6.45) is 10.4. The van der Waals surface area contributed by atoms with Gasteiger partial charge in [0.1, 0.15) is 0 Å². The number of rotatable bonds is 6. The van der Waals surface area contributed by atoms with Crippen molar-refractivity contribution in [1.82, 2.24) is 19.6 Å². The zero-order valence-corrected chi connectivity index (χ0v) is 17.5. The van der Waals surface area contributed by atoms with Gasteiger partial charge in [-0.05, 0) is 39.0 Å². The summed E-state index contributed by atoms with van der Waals surface area (Å²) in [4.78, 5) is 12.8. The number of likely N-dealkylation sites (tertiary alicyclic amines) is 1. The fourth-order valence-electron chi connectivity index (χ4n) is 3.85. The van der Waals surface area contributed by atoms with E-state index in [-0.39, 0.29) is 0 Å². The molecule has 0 aromatic carbocycles. The average molecular weight is 406 g/mol. The van der Waals surface area contributed by atoms with Crippen LogP contribution >= 0.6 is 11.3 Å². The first-order valence-corrected chi connectivity index (χ1v) is 11.4. The molecule has 154 valence electrons. The third-order valence-corrected chi connectivity index (χ3v) is 6.17. The smallest absolute Gasteiger partial charge is 0.194 e. The van der Waals surface area contributed by atoms with Crippen molar-refractivity contribution < 1.29 is 9.47 Å². The molecular weight excluding hydrogens is 374 g/mol. The molecule has 0 radical (unpaired) electrons. The highest BCUT2D eigenvalue weighted by Gasteiger charge is 2.23. The van der Waals surface area contributed by atoms with Crippen LogP contribution in [0.3, 0.4) is 0 Å². The van der Waals surface area contributed by atoms with E-state index in [2.05, 4.69) is 32.7 Å². The number of piperidine rings is 1. The first-order chi connectivity index (χ1) is 13.8. The molecule has 2 aromatic rings. The number of nitrogens with zero attached hydrogens (tertiary/aromatic N) is 4. The van der Waals surface area contributed by atoms with Gasteiger partial charge in [-0.2, -0.15) is 0 Å². The maximum absolute atomic E-state index is 6.14. The van der Waals surface area contributed by atoms with Crippen molar-refractivity contribution in [2.24, 2.45) is 4.99 Å². The molecule has 1 unspecified atom stereocenters. The van der Waals surface area contributed by atoms with Crippen molar-refractivity contribution in [2.75, 3.05) is 32.8 Å². The van der Waals surface area contributed by atoms with Crippen LogP contribution in [0.15, 0.2) is 22.8 Å². The summed E-state index contributed by atoms with van der Waals surface area (Å²) in [6, 6.07) is 0. The summed E-state index contributed by atoms with van der Waals surface area (Å²) >= 11 is 1.65. The van der Waals surface area contributed by atoms with E-state index in [9.17, 15) is 0 Å². The van der Waals surface area contributed by atoms with Gasteiger partial charge in [-0.3, -0.25) is 4.40 Å². The van der Waals surface area contributed by atoms with Gasteiger partial charge < -0.3 is 19.7 Å². The molecular formula is C20H31N5O2S. The number of fused-ring (bicyclic) bond motifs is 1. The van der Waals surface area contributed by atoms with E-state index in [4.69, 9.17) is 14.5 Å². The van der Waals surface area contributed by atoms with Crippen molar-refractivity contribution in [2.45, 2.75) is 57.8 Å². The molecule has 1 N–H and O–H groups in total. The molecule has 1 atom stereocenters. The quantitative estimate of drug-likeness (QED) is 0.591. The summed E-state index contributed by atoms with van der Waals surface area (Å²) in [5.41, 5.74) is 1.01. The third-order valence-electron chi connectivity index (χ3n) is 5.40. The number of thiazole rings is 1. The monoisotopic (exact) mass is 405 g/mol. The number of guanidine groups is 1. The van der Waals surface area contributed by atoms with E-state index in [0.29, 0.717) is 18.8 Å². The fraction of sp³-hybridized carbons (Fsp3) is 0.700. The Morgan fingerprint density at radius 1 is 1.36 bits per heavy atom. The number of hydrogen-bond donors (Lipinski definition) is 1. The number of imidazole rings is 1.